The summed E-state index contributed by atoms with van der Waals surface area (Å²) in [4.78, 5) is 11.9. The molecule has 0 spiro atoms. The zero-order chi connectivity index (χ0) is 12.9. The molecule has 0 saturated heterocycles. The number of nitrogens with one attached hydrogen (secondary N) is 1. The highest BCUT2D eigenvalue weighted by Crippen LogP contribution is 2.10. The number of hydrogen-bond acceptors (Lipinski definition) is 2. The van der Waals surface area contributed by atoms with Crippen molar-refractivity contribution < 1.29 is 4.79 Å². The standard InChI is InChI=1S/C14H22N2O/c1-4-14(15,5-2)10-16-13(17)12-8-6-11(3)7-9-12/h6-9H,4-5,10,15H2,1-3H3,(H,16,17). The second kappa shape index (κ2) is 5.82. The number of rotatable bonds is 5. The van der Waals surface area contributed by atoms with Gasteiger partial charge in [-0.1, -0.05) is 31.5 Å². The zero-order valence-corrected chi connectivity index (χ0v) is 10.9. The lowest BCUT2D eigenvalue weighted by molar-refractivity contribution is 0.0942. The number of nitrogens with two attached hydrogens (primary N) is 1. The van der Waals surface area contributed by atoms with Gasteiger partial charge in [0.1, 0.15) is 0 Å². The highest BCUT2D eigenvalue weighted by atomic mass is 16.1. The van der Waals surface area contributed by atoms with E-state index in [9.17, 15) is 4.79 Å². The second-order valence-corrected chi connectivity index (χ2v) is 4.62. The fraction of sp³-hybridized carbons (Fsp3) is 0.500. The normalized spacial score (nSPS) is 11.3. The summed E-state index contributed by atoms with van der Waals surface area (Å²) in [6.45, 7) is 6.61. The van der Waals surface area contributed by atoms with Crippen LogP contribution in [0.5, 0.6) is 0 Å². The molecule has 0 aromatic heterocycles. The highest BCUT2D eigenvalue weighted by molar-refractivity contribution is 5.94. The number of carbonyl (C=O) groups excluding carboxylic acids is 1. The maximum Gasteiger partial charge on any atom is 0.251 e. The fourth-order valence-electron chi connectivity index (χ4n) is 1.56. The van der Waals surface area contributed by atoms with Crippen LogP contribution < -0.4 is 11.1 Å². The van der Waals surface area contributed by atoms with Gasteiger partial charge in [-0.3, -0.25) is 4.79 Å². The monoisotopic (exact) mass is 234 g/mol. The van der Waals surface area contributed by atoms with Crippen LogP contribution in [0.25, 0.3) is 0 Å². The molecule has 1 aromatic carbocycles. The van der Waals surface area contributed by atoms with Crippen molar-refractivity contribution >= 4 is 5.91 Å². The largest absolute Gasteiger partial charge is 0.350 e. The molecule has 0 fully saturated rings. The Hall–Kier alpha value is -1.35. The smallest absolute Gasteiger partial charge is 0.251 e. The van der Waals surface area contributed by atoms with Gasteiger partial charge in [0.05, 0.1) is 0 Å². The first-order valence-electron chi connectivity index (χ1n) is 6.14. The summed E-state index contributed by atoms with van der Waals surface area (Å²) in [5.41, 5.74) is 7.68. The molecule has 0 atom stereocenters. The van der Waals surface area contributed by atoms with E-state index >= 15 is 0 Å². The summed E-state index contributed by atoms with van der Waals surface area (Å²) in [5, 5.41) is 2.90. The molecule has 0 bridgehead atoms. The summed E-state index contributed by atoms with van der Waals surface area (Å²) >= 11 is 0. The van der Waals surface area contributed by atoms with E-state index in [2.05, 4.69) is 5.32 Å². The predicted molar refractivity (Wildman–Crippen MR) is 71.0 cm³/mol. The first kappa shape index (κ1) is 13.7. The lowest BCUT2D eigenvalue weighted by Crippen LogP contribution is -2.49. The van der Waals surface area contributed by atoms with E-state index in [-0.39, 0.29) is 11.4 Å². The van der Waals surface area contributed by atoms with Gasteiger partial charge in [-0.05, 0) is 31.9 Å². The fourth-order valence-corrected chi connectivity index (χ4v) is 1.56. The van der Waals surface area contributed by atoms with E-state index in [1.165, 1.54) is 0 Å². The molecular weight excluding hydrogens is 212 g/mol. The Balaban J connectivity index is 2.58. The SMILES string of the molecule is CCC(N)(CC)CNC(=O)c1ccc(C)cc1. The maximum absolute atomic E-state index is 11.9. The third-order valence-electron chi connectivity index (χ3n) is 3.32. The van der Waals surface area contributed by atoms with E-state index in [0.29, 0.717) is 12.1 Å². The molecule has 17 heavy (non-hydrogen) atoms. The molecular formula is C14H22N2O. The lowest BCUT2D eigenvalue weighted by atomic mass is 9.94. The Labute approximate surface area is 103 Å². The van der Waals surface area contributed by atoms with Crippen LogP contribution in [-0.2, 0) is 0 Å². The molecule has 94 valence electrons. The molecule has 0 aliphatic heterocycles. The van der Waals surface area contributed by atoms with Gasteiger partial charge in [0, 0.05) is 17.6 Å². The van der Waals surface area contributed by atoms with Crippen LogP contribution in [0.1, 0.15) is 42.6 Å². The van der Waals surface area contributed by atoms with Crippen molar-refractivity contribution in [3.05, 3.63) is 35.4 Å². The van der Waals surface area contributed by atoms with Crippen molar-refractivity contribution in [3.63, 3.8) is 0 Å². The summed E-state index contributed by atoms with van der Waals surface area (Å²) in [7, 11) is 0. The first-order chi connectivity index (χ1) is 8.00. The Kier molecular flexibility index (Phi) is 4.70. The van der Waals surface area contributed by atoms with Crippen molar-refractivity contribution in [2.24, 2.45) is 5.73 Å². The van der Waals surface area contributed by atoms with Crippen molar-refractivity contribution in [3.8, 4) is 0 Å². The van der Waals surface area contributed by atoms with E-state index in [1.54, 1.807) is 0 Å². The number of amides is 1. The number of carbonyl (C=O) groups is 1. The van der Waals surface area contributed by atoms with Crippen LogP contribution in [0, 0.1) is 6.92 Å². The van der Waals surface area contributed by atoms with Gasteiger partial charge in [-0.2, -0.15) is 0 Å². The Morgan fingerprint density at radius 2 is 1.76 bits per heavy atom. The van der Waals surface area contributed by atoms with Crippen molar-refractivity contribution in [1.29, 1.82) is 0 Å². The van der Waals surface area contributed by atoms with Gasteiger partial charge in [-0.25, -0.2) is 0 Å². The molecule has 3 nitrogen and oxygen atoms in total. The molecule has 0 radical (unpaired) electrons. The van der Waals surface area contributed by atoms with Crippen molar-refractivity contribution in [2.75, 3.05) is 6.54 Å². The average molecular weight is 234 g/mol. The van der Waals surface area contributed by atoms with Crippen LogP contribution in [0.3, 0.4) is 0 Å². The topological polar surface area (TPSA) is 55.1 Å². The molecule has 1 amide bonds. The van der Waals surface area contributed by atoms with Gasteiger partial charge < -0.3 is 11.1 Å². The third-order valence-corrected chi connectivity index (χ3v) is 3.32. The minimum Gasteiger partial charge on any atom is -0.350 e. The Morgan fingerprint density at radius 3 is 2.24 bits per heavy atom. The van der Waals surface area contributed by atoms with Crippen LogP contribution in [-0.4, -0.2) is 18.0 Å². The molecule has 1 rings (SSSR count). The molecule has 3 heteroatoms. The van der Waals surface area contributed by atoms with Crippen molar-refractivity contribution in [1.82, 2.24) is 5.32 Å². The van der Waals surface area contributed by atoms with Crippen LogP contribution >= 0.6 is 0 Å². The van der Waals surface area contributed by atoms with E-state index in [0.717, 1.165) is 18.4 Å². The van der Waals surface area contributed by atoms with E-state index in [4.69, 9.17) is 5.73 Å². The molecule has 0 heterocycles. The number of aryl methyl sites for hydroxylation is 1. The van der Waals surface area contributed by atoms with Gasteiger partial charge in [0.25, 0.3) is 5.91 Å². The molecule has 0 aliphatic carbocycles. The van der Waals surface area contributed by atoms with Gasteiger partial charge in [-0.15, -0.1) is 0 Å². The summed E-state index contributed by atoms with van der Waals surface area (Å²) < 4.78 is 0. The molecule has 0 unspecified atom stereocenters. The minimum atomic E-state index is -0.291. The third kappa shape index (κ3) is 3.86. The first-order valence-corrected chi connectivity index (χ1v) is 6.14. The van der Waals surface area contributed by atoms with Gasteiger partial charge in [0.15, 0.2) is 0 Å². The molecule has 0 aliphatic rings. The van der Waals surface area contributed by atoms with Gasteiger partial charge in [0.2, 0.25) is 0 Å². The average Bonchev–Trinajstić information content (AvgIpc) is 2.36. The summed E-state index contributed by atoms with van der Waals surface area (Å²) in [5.74, 6) is -0.0540. The quantitative estimate of drug-likeness (QED) is 0.821. The Bertz CT molecular complexity index is 366. The van der Waals surface area contributed by atoms with Crippen LogP contribution in [0.4, 0.5) is 0 Å². The summed E-state index contributed by atoms with van der Waals surface area (Å²) in [6.07, 6.45) is 1.72. The van der Waals surface area contributed by atoms with E-state index in [1.807, 2.05) is 45.0 Å². The number of benzene rings is 1. The van der Waals surface area contributed by atoms with Crippen molar-refractivity contribution in [2.45, 2.75) is 39.2 Å². The molecule has 0 saturated carbocycles. The second-order valence-electron chi connectivity index (χ2n) is 4.62. The van der Waals surface area contributed by atoms with Crippen LogP contribution in [0.15, 0.2) is 24.3 Å². The molecule has 3 N–H and O–H groups in total. The minimum absolute atomic E-state index is 0.0540. The van der Waals surface area contributed by atoms with Crippen LogP contribution in [0.2, 0.25) is 0 Å². The Morgan fingerprint density at radius 1 is 1.24 bits per heavy atom. The highest BCUT2D eigenvalue weighted by Gasteiger charge is 2.21. The predicted octanol–water partition coefficient (Wildman–Crippen LogP) is 2.24. The van der Waals surface area contributed by atoms with E-state index < -0.39 is 0 Å². The number of hydrogen-bond donors (Lipinski definition) is 2. The summed E-state index contributed by atoms with van der Waals surface area (Å²) in [6, 6.07) is 7.54. The maximum atomic E-state index is 11.9. The zero-order valence-electron chi connectivity index (χ0n) is 10.9. The lowest BCUT2D eigenvalue weighted by Gasteiger charge is -2.26. The molecule has 1 aromatic rings. The van der Waals surface area contributed by atoms with Gasteiger partial charge >= 0.3 is 0 Å².